The van der Waals surface area contributed by atoms with Crippen LogP contribution in [0.5, 0.6) is 11.5 Å². The molecular weight excluding hydrogens is 542 g/mol. The molecule has 4 atom stereocenters. The van der Waals surface area contributed by atoms with Gasteiger partial charge in [-0.05, 0) is 76.3 Å². The third kappa shape index (κ3) is 6.22. The van der Waals surface area contributed by atoms with Gasteiger partial charge in [-0.3, -0.25) is 9.69 Å². The molecule has 3 unspecified atom stereocenters. The van der Waals surface area contributed by atoms with Gasteiger partial charge in [0.05, 0.1) is 13.2 Å². The molecule has 0 fully saturated rings. The molecule has 0 aromatic heterocycles. The van der Waals surface area contributed by atoms with Crippen molar-refractivity contribution in [3.8, 4) is 11.5 Å². The maximum Gasteiger partial charge on any atom is 0.263 e. The second-order valence-electron chi connectivity index (χ2n) is 10.8. The van der Waals surface area contributed by atoms with Gasteiger partial charge in [0.25, 0.3) is 5.91 Å². The molecule has 0 bridgehead atoms. The molecule has 0 aliphatic carbocycles. The lowest BCUT2D eigenvalue weighted by Crippen LogP contribution is -2.56. The fourth-order valence-electron chi connectivity index (χ4n) is 5.01. The number of halogens is 1. The second-order valence-corrected chi connectivity index (χ2v) is 11.2. The Bertz CT molecular complexity index is 1350. The number of fused-ring (bicyclic) bond motifs is 1. The zero-order chi connectivity index (χ0) is 29.9. The number of benzene rings is 3. The normalized spacial score (nSPS) is 20.1. The SMILES string of the molecule is CC[C@@H](C)Oc1cc2c(cc1OC)C(O)C(=O)N(c1ccc(C(C)NCCN(C)C)cc1)C2(O)c1ccc(Cl)cc1. The fraction of sp³-hybridized carbons (Fsp3) is 0.406. The van der Waals surface area contributed by atoms with Gasteiger partial charge >= 0.3 is 0 Å². The predicted octanol–water partition coefficient (Wildman–Crippen LogP) is 5.01. The van der Waals surface area contributed by atoms with E-state index in [0.29, 0.717) is 33.3 Å². The Labute approximate surface area is 247 Å². The number of nitrogens with one attached hydrogen (secondary N) is 1. The summed E-state index contributed by atoms with van der Waals surface area (Å²) in [5, 5.41) is 27.9. The molecule has 41 heavy (non-hydrogen) atoms. The summed E-state index contributed by atoms with van der Waals surface area (Å²) >= 11 is 6.19. The number of rotatable bonds is 11. The van der Waals surface area contributed by atoms with E-state index < -0.39 is 17.7 Å². The third-order valence-electron chi connectivity index (χ3n) is 7.59. The van der Waals surface area contributed by atoms with Gasteiger partial charge in [0.15, 0.2) is 23.3 Å². The number of hydrogen-bond acceptors (Lipinski definition) is 7. The Morgan fingerprint density at radius 2 is 1.73 bits per heavy atom. The van der Waals surface area contributed by atoms with Crippen LogP contribution in [0.1, 0.15) is 61.6 Å². The van der Waals surface area contributed by atoms with E-state index >= 15 is 0 Å². The van der Waals surface area contributed by atoms with E-state index in [1.807, 2.05) is 40.1 Å². The van der Waals surface area contributed by atoms with Crippen LogP contribution >= 0.6 is 11.6 Å². The topological polar surface area (TPSA) is 94.5 Å². The summed E-state index contributed by atoms with van der Waals surface area (Å²) in [7, 11) is 5.55. The number of amides is 1. The van der Waals surface area contributed by atoms with Gasteiger partial charge in [0.1, 0.15) is 0 Å². The summed E-state index contributed by atoms with van der Waals surface area (Å²) in [6, 6.07) is 17.4. The summed E-state index contributed by atoms with van der Waals surface area (Å²) in [6.45, 7) is 7.75. The molecule has 3 aromatic carbocycles. The number of aliphatic hydroxyl groups is 2. The Hall–Kier alpha value is -3.14. The second kappa shape index (κ2) is 12.8. The number of carbonyl (C=O) groups is 1. The Morgan fingerprint density at radius 1 is 1.07 bits per heavy atom. The molecule has 1 heterocycles. The smallest absolute Gasteiger partial charge is 0.263 e. The average molecular weight is 582 g/mol. The van der Waals surface area contributed by atoms with Crippen molar-refractivity contribution in [1.29, 1.82) is 0 Å². The first kappa shape index (κ1) is 30.8. The van der Waals surface area contributed by atoms with Crippen molar-refractivity contribution in [2.75, 3.05) is 39.2 Å². The zero-order valence-electron chi connectivity index (χ0n) is 24.5. The Balaban J connectivity index is 1.84. The minimum absolute atomic E-state index is 0.0789. The molecule has 0 radical (unpaired) electrons. The average Bonchev–Trinajstić information content (AvgIpc) is 2.96. The van der Waals surface area contributed by atoms with E-state index in [1.54, 1.807) is 48.5 Å². The van der Waals surface area contributed by atoms with Crippen LogP contribution in [-0.2, 0) is 10.5 Å². The highest BCUT2D eigenvalue weighted by molar-refractivity contribution is 6.30. The number of aliphatic hydroxyl groups excluding tert-OH is 1. The third-order valence-corrected chi connectivity index (χ3v) is 7.85. The van der Waals surface area contributed by atoms with Gasteiger partial charge in [-0.2, -0.15) is 0 Å². The number of hydrogen-bond donors (Lipinski definition) is 3. The largest absolute Gasteiger partial charge is 0.493 e. The molecule has 0 spiro atoms. The molecule has 0 saturated carbocycles. The first-order chi connectivity index (χ1) is 19.5. The molecular formula is C32H40ClN3O5. The highest BCUT2D eigenvalue weighted by atomic mass is 35.5. The lowest BCUT2D eigenvalue weighted by Gasteiger charge is -2.46. The summed E-state index contributed by atoms with van der Waals surface area (Å²) in [4.78, 5) is 17.2. The van der Waals surface area contributed by atoms with Crippen molar-refractivity contribution in [3.63, 3.8) is 0 Å². The lowest BCUT2D eigenvalue weighted by molar-refractivity contribution is -0.133. The lowest BCUT2D eigenvalue weighted by atomic mass is 9.82. The number of nitrogens with zero attached hydrogens (tertiary/aromatic N) is 2. The molecule has 0 saturated heterocycles. The van der Waals surface area contributed by atoms with Crippen LogP contribution in [0.2, 0.25) is 5.02 Å². The first-order valence-electron chi connectivity index (χ1n) is 13.9. The number of methoxy groups -OCH3 is 1. The predicted molar refractivity (Wildman–Crippen MR) is 162 cm³/mol. The van der Waals surface area contributed by atoms with E-state index in [1.165, 1.54) is 12.0 Å². The highest BCUT2D eigenvalue weighted by Gasteiger charge is 2.51. The van der Waals surface area contributed by atoms with Crippen molar-refractivity contribution in [1.82, 2.24) is 10.2 Å². The standard InChI is InChI=1S/C32H40ClN3O5/c1-7-20(2)41-29-19-27-26(18-28(29)40-6)30(37)31(38)36(32(27,39)23-10-12-24(33)13-11-23)25-14-8-22(9-15-25)21(3)34-16-17-35(4)5/h8-15,18-21,30,34,37,39H,7,16-17H2,1-6H3/t20-,21?,30?,32?/m1/s1. The van der Waals surface area contributed by atoms with Crippen LogP contribution in [0.25, 0.3) is 0 Å². The fourth-order valence-corrected chi connectivity index (χ4v) is 5.13. The van der Waals surface area contributed by atoms with Gasteiger partial charge in [0.2, 0.25) is 0 Å². The molecule has 1 amide bonds. The van der Waals surface area contributed by atoms with Gasteiger partial charge in [-0.15, -0.1) is 0 Å². The molecule has 3 aromatic rings. The van der Waals surface area contributed by atoms with Gasteiger partial charge in [0, 0.05) is 46.5 Å². The summed E-state index contributed by atoms with van der Waals surface area (Å²) in [6.07, 6.45) is -0.905. The molecule has 4 rings (SSSR count). The zero-order valence-corrected chi connectivity index (χ0v) is 25.3. The van der Waals surface area contributed by atoms with Crippen LogP contribution in [0.15, 0.2) is 60.7 Å². The minimum Gasteiger partial charge on any atom is -0.493 e. The van der Waals surface area contributed by atoms with Gasteiger partial charge in [-0.25, -0.2) is 0 Å². The minimum atomic E-state index is -1.98. The van der Waals surface area contributed by atoms with Crippen molar-refractivity contribution < 1.29 is 24.5 Å². The molecule has 220 valence electrons. The van der Waals surface area contributed by atoms with Crippen LogP contribution in [0.3, 0.4) is 0 Å². The van der Waals surface area contributed by atoms with E-state index in [9.17, 15) is 15.0 Å². The number of carbonyl (C=O) groups excluding carboxylic acids is 1. The molecule has 8 nitrogen and oxygen atoms in total. The van der Waals surface area contributed by atoms with Crippen molar-refractivity contribution in [2.45, 2.75) is 51.2 Å². The van der Waals surface area contributed by atoms with E-state index in [-0.39, 0.29) is 17.7 Å². The molecule has 1 aliphatic heterocycles. The maximum atomic E-state index is 13.9. The quantitative estimate of drug-likeness (QED) is 0.293. The van der Waals surface area contributed by atoms with Crippen LogP contribution < -0.4 is 19.7 Å². The van der Waals surface area contributed by atoms with Crippen molar-refractivity contribution in [2.24, 2.45) is 0 Å². The van der Waals surface area contributed by atoms with E-state index in [4.69, 9.17) is 21.1 Å². The number of likely N-dealkylation sites (N-methyl/N-ethyl adjacent to an activating group) is 1. The van der Waals surface area contributed by atoms with Gasteiger partial charge < -0.3 is 29.9 Å². The molecule has 1 aliphatic rings. The molecule has 3 N–H and O–H groups in total. The monoisotopic (exact) mass is 581 g/mol. The Kier molecular flexibility index (Phi) is 9.62. The van der Waals surface area contributed by atoms with Crippen LogP contribution in [0, 0.1) is 0 Å². The summed E-state index contributed by atoms with van der Waals surface area (Å²) < 4.78 is 11.7. The summed E-state index contributed by atoms with van der Waals surface area (Å²) in [5.74, 6) is 0.0999. The van der Waals surface area contributed by atoms with E-state index in [0.717, 1.165) is 25.1 Å². The first-order valence-corrected chi connectivity index (χ1v) is 14.3. The van der Waals surface area contributed by atoms with Crippen LogP contribution in [0.4, 0.5) is 5.69 Å². The maximum absolute atomic E-state index is 13.9. The van der Waals surface area contributed by atoms with Crippen molar-refractivity contribution in [3.05, 3.63) is 87.9 Å². The Morgan fingerprint density at radius 3 is 2.32 bits per heavy atom. The number of ether oxygens (including phenoxy) is 2. The van der Waals surface area contributed by atoms with Crippen molar-refractivity contribution >= 4 is 23.2 Å². The highest BCUT2D eigenvalue weighted by Crippen LogP contribution is 2.49. The summed E-state index contributed by atoms with van der Waals surface area (Å²) in [5.41, 5.74) is 0.447. The van der Waals surface area contributed by atoms with E-state index in [2.05, 4.69) is 17.1 Å². The van der Waals surface area contributed by atoms with Crippen LogP contribution in [-0.4, -0.2) is 61.4 Å². The molecule has 9 heteroatoms. The van der Waals surface area contributed by atoms with Gasteiger partial charge in [-0.1, -0.05) is 42.8 Å². The number of anilines is 1.